The number of anilines is 3. The molecule has 4 amide bonds. The quantitative estimate of drug-likeness (QED) is 0.0395. The average molecular weight is 802 g/mol. The Morgan fingerprint density at radius 3 is 1.84 bits per heavy atom. The van der Waals surface area contributed by atoms with Gasteiger partial charge in [0.1, 0.15) is 5.57 Å². The van der Waals surface area contributed by atoms with Crippen molar-refractivity contribution in [1.29, 1.82) is 0 Å². The molecule has 1 aromatic heterocycles. The summed E-state index contributed by atoms with van der Waals surface area (Å²) in [7, 11) is 0. The Balaban J connectivity index is 1.12. The van der Waals surface area contributed by atoms with Crippen LogP contribution >= 0.6 is 35.3 Å². The topological polar surface area (TPSA) is 134 Å². The summed E-state index contributed by atoms with van der Waals surface area (Å²) in [5, 5.41) is 12.5. The molecule has 0 unspecified atom stereocenters. The van der Waals surface area contributed by atoms with Gasteiger partial charge in [-0.15, -0.1) is 11.3 Å². The Bertz CT molecular complexity index is 2460. The van der Waals surface area contributed by atoms with Crippen LogP contribution in [0.2, 0.25) is 0 Å². The maximum absolute atomic E-state index is 14.2. The van der Waals surface area contributed by atoms with Crippen LogP contribution in [0.4, 0.5) is 22.7 Å². The van der Waals surface area contributed by atoms with E-state index >= 15 is 0 Å². The smallest absolute Gasteiger partial charge is 0.274 e. The number of hydrogen-bond donors (Lipinski definition) is 0. The second-order valence-corrected chi connectivity index (χ2v) is 17.2. The molecular formula is C42H35N5O6S3. The number of nitro benzene ring substituents is 1. The van der Waals surface area contributed by atoms with Crippen molar-refractivity contribution in [2.24, 2.45) is 11.8 Å². The number of carbonyl (C=O) groups excluding carboxylic acids is 4. The molecule has 5 aromatic rings. The highest BCUT2D eigenvalue weighted by Gasteiger charge is 2.49. The minimum absolute atomic E-state index is 0.00414. The van der Waals surface area contributed by atoms with E-state index in [1.807, 2.05) is 64.1 Å². The van der Waals surface area contributed by atoms with E-state index < -0.39 is 16.7 Å². The lowest BCUT2D eigenvalue weighted by molar-refractivity contribution is -0.387. The number of thiazole rings is 1. The van der Waals surface area contributed by atoms with E-state index in [-0.39, 0.29) is 45.6 Å². The maximum atomic E-state index is 14.2. The number of rotatable bonds is 7. The SMILES string of the molecule is Cc1cc(C)cc(N2C(=O)C(=Cc3ccc(Sc4nc5ccc(N6C(=O)[C@H]7CCCC[C@H]7C6=O)cc5s4)c([N+](=O)[O-])c3)C(=O)N(c3cc(C)cc(C)c3)C2=S)c1. The van der Waals surface area contributed by atoms with Crippen molar-refractivity contribution in [3.05, 3.63) is 116 Å². The highest BCUT2D eigenvalue weighted by atomic mass is 32.2. The highest BCUT2D eigenvalue weighted by Crippen LogP contribution is 2.43. The van der Waals surface area contributed by atoms with Gasteiger partial charge in [0, 0.05) is 6.07 Å². The van der Waals surface area contributed by atoms with Gasteiger partial charge in [-0.1, -0.05) is 42.8 Å². The molecule has 3 heterocycles. The number of hydrogen-bond acceptors (Lipinski definition) is 10. The van der Waals surface area contributed by atoms with Crippen LogP contribution in [0, 0.1) is 49.6 Å². The molecule has 3 fully saturated rings. The molecule has 14 heteroatoms. The van der Waals surface area contributed by atoms with E-state index in [9.17, 15) is 29.3 Å². The molecule has 2 aliphatic heterocycles. The molecule has 1 saturated carbocycles. The van der Waals surface area contributed by atoms with Gasteiger partial charge in [-0.2, -0.15) is 0 Å². The zero-order chi connectivity index (χ0) is 39.6. The van der Waals surface area contributed by atoms with Crippen molar-refractivity contribution in [3.63, 3.8) is 0 Å². The van der Waals surface area contributed by atoms with Crippen LogP contribution in [0.5, 0.6) is 0 Å². The first-order chi connectivity index (χ1) is 26.8. The molecule has 0 bridgehead atoms. The van der Waals surface area contributed by atoms with Gasteiger partial charge in [0.05, 0.1) is 48.9 Å². The second-order valence-electron chi connectivity index (χ2n) is 14.5. The third kappa shape index (κ3) is 6.71. The fourth-order valence-electron chi connectivity index (χ4n) is 7.95. The number of nitro groups is 1. The van der Waals surface area contributed by atoms with Crippen LogP contribution in [-0.2, 0) is 19.2 Å². The third-order valence-corrected chi connectivity index (χ3v) is 12.8. The molecule has 56 heavy (non-hydrogen) atoms. The van der Waals surface area contributed by atoms with Crippen molar-refractivity contribution in [2.75, 3.05) is 14.7 Å². The van der Waals surface area contributed by atoms with Gasteiger partial charge >= 0.3 is 0 Å². The number of amides is 4. The van der Waals surface area contributed by atoms with Crippen LogP contribution in [0.25, 0.3) is 16.3 Å². The van der Waals surface area contributed by atoms with E-state index in [1.54, 1.807) is 30.3 Å². The van der Waals surface area contributed by atoms with Crippen LogP contribution < -0.4 is 14.7 Å². The van der Waals surface area contributed by atoms with Crippen molar-refractivity contribution >= 4 is 103 Å². The van der Waals surface area contributed by atoms with Crippen molar-refractivity contribution < 1.29 is 24.1 Å². The first-order valence-electron chi connectivity index (χ1n) is 18.1. The molecule has 2 atom stereocenters. The normalized spacial score (nSPS) is 18.7. The number of carbonyl (C=O) groups is 4. The van der Waals surface area contributed by atoms with E-state index in [0.717, 1.165) is 64.4 Å². The lowest BCUT2D eigenvalue weighted by atomic mass is 9.81. The number of nitrogens with zero attached hydrogens (tertiary/aromatic N) is 5. The Labute approximate surface area is 336 Å². The van der Waals surface area contributed by atoms with Crippen molar-refractivity contribution in [3.8, 4) is 0 Å². The first-order valence-corrected chi connectivity index (χ1v) is 20.2. The summed E-state index contributed by atoms with van der Waals surface area (Å²) in [5.41, 5.74) is 5.61. The van der Waals surface area contributed by atoms with E-state index in [2.05, 4.69) is 4.98 Å². The summed E-state index contributed by atoms with van der Waals surface area (Å²) in [5.74, 6) is -2.12. The van der Waals surface area contributed by atoms with Crippen LogP contribution in [0.1, 0.15) is 53.5 Å². The molecule has 0 spiro atoms. The van der Waals surface area contributed by atoms with Crippen LogP contribution in [0.15, 0.2) is 87.6 Å². The fraction of sp³-hybridized carbons (Fsp3) is 0.238. The van der Waals surface area contributed by atoms with E-state index in [0.29, 0.717) is 31.8 Å². The van der Waals surface area contributed by atoms with Crippen LogP contribution in [-0.4, -0.2) is 38.6 Å². The van der Waals surface area contributed by atoms with Crippen molar-refractivity contribution in [2.45, 2.75) is 62.6 Å². The van der Waals surface area contributed by atoms with Gasteiger partial charge in [0.2, 0.25) is 11.8 Å². The van der Waals surface area contributed by atoms with Gasteiger partial charge < -0.3 is 0 Å². The molecule has 282 valence electrons. The average Bonchev–Trinajstić information content (AvgIpc) is 3.65. The number of aromatic nitrogens is 1. The van der Waals surface area contributed by atoms with E-state index in [1.165, 1.54) is 38.2 Å². The van der Waals surface area contributed by atoms with Gasteiger partial charge in [0.25, 0.3) is 17.5 Å². The molecule has 0 N–H and O–H groups in total. The molecule has 4 aromatic carbocycles. The third-order valence-electron chi connectivity index (χ3n) is 10.3. The molecule has 3 aliphatic rings. The first kappa shape index (κ1) is 37.4. The monoisotopic (exact) mass is 801 g/mol. The highest BCUT2D eigenvalue weighted by molar-refractivity contribution is 8.01. The Morgan fingerprint density at radius 1 is 0.750 bits per heavy atom. The molecule has 11 nitrogen and oxygen atoms in total. The summed E-state index contributed by atoms with van der Waals surface area (Å²) in [4.78, 5) is 75.9. The van der Waals surface area contributed by atoms with Gasteiger partial charge in [-0.25, -0.2) is 4.98 Å². The lowest BCUT2D eigenvalue weighted by Gasteiger charge is -2.37. The summed E-state index contributed by atoms with van der Waals surface area (Å²) >= 11 is 8.25. The minimum atomic E-state index is -0.642. The minimum Gasteiger partial charge on any atom is -0.274 e. The van der Waals surface area contributed by atoms with Gasteiger partial charge in [-0.05, 0) is 135 Å². The zero-order valence-corrected chi connectivity index (χ0v) is 33.3. The standard InChI is InChI=1S/C42H35N5O6S3/c1-22-13-23(2)16-28(15-22)45-39(50)32(40(51)46(42(45)54)29-17-24(3)14-25(4)18-29)19-26-9-12-35(34(20-26)47(52)53)55-41-43-33-11-10-27(21-36(33)56-41)44-37(48)30-7-5-6-8-31(30)38(44)49/h9-21,30-31H,5-8H2,1-4H3/t30-,31+. The Hall–Kier alpha value is -5.57. The summed E-state index contributed by atoms with van der Waals surface area (Å²) in [6, 6.07) is 21.0. The number of aryl methyl sites for hydroxylation is 4. The van der Waals surface area contributed by atoms with Crippen LogP contribution in [0.3, 0.4) is 0 Å². The summed E-state index contributed by atoms with van der Waals surface area (Å²) in [6.07, 6.45) is 4.70. The zero-order valence-electron chi connectivity index (χ0n) is 30.9. The summed E-state index contributed by atoms with van der Waals surface area (Å²) in [6.45, 7) is 7.63. The molecule has 0 radical (unpaired) electrons. The van der Waals surface area contributed by atoms with Gasteiger partial charge in [-0.3, -0.25) is 44.0 Å². The van der Waals surface area contributed by atoms with Crippen molar-refractivity contribution in [1.82, 2.24) is 4.98 Å². The van der Waals surface area contributed by atoms with E-state index in [4.69, 9.17) is 12.2 Å². The predicted octanol–water partition coefficient (Wildman–Crippen LogP) is 9.02. The molecule has 8 rings (SSSR count). The lowest BCUT2D eigenvalue weighted by Crippen LogP contribution is -2.57. The second kappa shape index (κ2) is 14.5. The molecular weight excluding hydrogens is 767 g/mol. The Morgan fingerprint density at radius 2 is 1.30 bits per heavy atom. The predicted molar refractivity (Wildman–Crippen MR) is 222 cm³/mol. The Kier molecular flexibility index (Phi) is 9.67. The summed E-state index contributed by atoms with van der Waals surface area (Å²) < 4.78 is 1.26. The maximum Gasteiger partial charge on any atom is 0.283 e. The fourth-order valence-corrected chi connectivity index (χ4v) is 10.5. The number of benzene rings is 4. The molecule has 1 aliphatic carbocycles. The number of fused-ring (bicyclic) bond motifs is 2. The number of thiocarbonyl (C=S) groups is 1. The van der Waals surface area contributed by atoms with Gasteiger partial charge in [0.15, 0.2) is 9.45 Å². The molecule has 2 saturated heterocycles. The number of imide groups is 1. The largest absolute Gasteiger partial charge is 0.283 e.